The van der Waals surface area contributed by atoms with Crippen molar-refractivity contribution < 1.29 is 9.53 Å². The van der Waals surface area contributed by atoms with Gasteiger partial charge in [-0.15, -0.1) is 23.1 Å². The Morgan fingerprint density at radius 1 is 1.41 bits per heavy atom. The summed E-state index contributed by atoms with van der Waals surface area (Å²) in [5, 5.41) is 2.08. The van der Waals surface area contributed by atoms with E-state index in [4.69, 9.17) is 4.74 Å². The van der Waals surface area contributed by atoms with E-state index in [1.807, 2.05) is 29.2 Å². The van der Waals surface area contributed by atoms with Gasteiger partial charge in [-0.05, 0) is 42.5 Å². The first-order chi connectivity index (χ1) is 10.8. The summed E-state index contributed by atoms with van der Waals surface area (Å²) >= 11 is 3.32. The Kier molecular flexibility index (Phi) is 5.05. The molecule has 5 heteroatoms. The van der Waals surface area contributed by atoms with E-state index in [1.165, 1.54) is 4.88 Å². The molecule has 1 amide bonds. The standard InChI is InChI=1S/C17H19NO2S2/c1-20-13-5-2-6-14(11-13)22-12-17(19)18-9-3-7-15(18)16-8-4-10-21-16/h2,4-6,8,10-11,15H,3,7,9,12H2,1H3. The van der Waals surface area contributed by atoms with Gasteiger partial charge >= 0.3 is 0 Å². The second kappa shape index (κ2) is 7.20. The van der Waals surface area contributed by atoms with Crippen molar-refractivity contribution in [3.05, 3.63) is 46.7 Å². The lowest BCUT2D eigenvalue weighted by molar-refractivity contribution is -0.129. The summed E-state index contributed by atoms with van der Waals surface area (Å²) in [7, 11) is 1.66. The number of rotatable bonds is 5. The molecule has 1 unspecified atom stereocenters. The van der Waals surface area contributed by atoms with Gasteiger partial charge in [-0.2, -0.15) is 0 Å². The Morgan fingerprint density at radius 3 is 3.09 bits per heavy atom. The number of ether oxygens (including phenoxy) is 1. The number of hydrogen-bond donors (Lipinski definition) is 0. The SMILES string of the molecule is COc1cccc(SCC(=O)N2CCCC2c2cccs2)c1. The average Bonchev–Trinajstić information content (AvgIpc) is 3.23. The van der Waals surface area contributed by atoms with Crippen molar-refractivity contribution in [1.29, 1.82) is 0 Å². The molecule has 0 aliphatic carbocycles. The van der Waals surface area contributed by atoms with Gasteiger partial charge in [0.1, 0.15) is 5.75 Å². The lowest BCUT2D eigenvalue weighted by Crippen LogP contribution is -2.31. The van der Waals surface area contributed by atoms with Gasteiger partial charge in [0.05, 0.1) is 18.9 Å². The molecule has 22 heavy (non-hydrogen) atoms. The maximum absolute atomic E-state index is 12.6. The molecule has 0 spiro atoms. The fourth-order valence-corrected chi connectivity index (χ4v) is 4.46. The normalized spacial score (nSPS) is 17.7. The van der Waals surface area contributed by atoms with Crippen LogP contribution in [-0.2, 0) is 4.79 Å². The first-order valence-corrected chi connectivity index (χ1v) is 9.24. The van der Waals surface area contributed by atoms with Crippen LogP contribution in [0.2, 0.25) is 0 Å². The molecule has 1 aromatic carbocycles. The van der Waals surface area contributed by atoms with E-state index >= 15 is 0 Å². The molecule has 1 aliphatic heterocycles. The number of carbonyl (C=O) groups is 1. The molecule has 2 aromatic rings. The van der Waals surface area contributed by atoms with Crippen molar-refractivity contribution in [2.75, 3.05) is 19.4 Å². The van der Waals surface area contributed by atoms with E-state index in [1.54, 1.807) is 30.2 Å². The van der Waals surface area contributed by atoms with Gasteiger partial charge < -0.3 is 9.64 Å². The first-order valence-electron chi connectivity index (χ1n) is 7.37. The molecule has 1 atom stereocenters. The number of thiophene rings is 1. The fourth-order valence-electron chi connectivity index (χ4n) is 2.76. The zero-order valence-corrected chi connectivity index (χ0v) is 14.2. The van der Waals surface area contributed by atoms with Crippen molar-refractivity contribution in [3.8, 4) is 5.75 Å². The van der Waals surface area contributed by atoms with Gasteiger partial charge in [0, 0.05) is 16.3 Å². The van der Waals surface area contributed by atoms with Gasteiger partial charge in [-0.1, -0.05) is 12.1 Å². The van der Waals surface area contributed by atoms with E-state index in [0.29, 0.717) is 5.75 Å². The van der Waals surface area contributed by atoms with Crippen molar-refractivity contribution in [2.45, 2.75) is 23.8 Å². The van der Waals surface area contributed by atoms with Gasteiger partial charge in [0.25, 0.3) is 0 Å². The minimum atomic E-state index is 0.226. The summed E-state index contributed by atoms with van der Waals surface area (Å²) in [6.07, 6.45) is 2.17. The molecule has 0 bridgehead atoms. The molecule has 1 fully saturated rings. The second-order valence-corrected chi connectivity index (χ2v) is 7.26. The average molecular weight is 333 g/mol. The molecule has 0 saturated carbocycles. The number of carbonyl (C=O) groups excluding carboxylic acids is 1. The molecule has 0 radical (unpaired) electrons. The van der Waals surface area contributed by atoms with Crippen LogP contribution in [0.4, 0.5) is 0 Å². The Hall–Kier alpha value is -1.46. The Labute approximate surface area is 139 Å². The molecular formula is C17H19NO2S2. The van der Waals surface area contributed by atoms with Crippen LogP contribution < -0.4 is 4.74 Å². The molecule has 1 saturated heterocycles. The highest BCUT2D eigenvalue weighted by molar-refractivity contribution is 8.00. The van der Waals surface area contributed by atoms with Crippen LogP contribution in [0.5, 0.6) is 5.75 Å². The molecule has 2 heterocycles. The molecule has 3 nitrogen and oxygen atoms in total. The number of thioether (sulfide) groups is 1. The molecule has 1 aliphatic rings. The Morgan fingerprint density at radius 2 is 2.32 bits per heavy atom. The molecule has 3 rings (SSSR count). The van der Waals surface area contributed by atoms with Crippen LogP contribution in [0.3, 0.4) is 0 Å². The van der Waals surface area contributed by atoms with Crippen LogP contribution in [0, 0.1) is 0 Å². The quantitative estimate of drug-likeness (QED) is 0.768. The Bertz CT molecular complexity index is 627. The van der Waals surface area contributed by atoms with Crippen molar-refractivity contribution in [3.63, 3.8) is 0 Å². The lowest BCUT2D eigenvalue weighted by atomic mass is 10.2. The largest absolute Gasteiger partial charge is 0.497 e. The number of benzene rings is 1. The minimum Gasteiger partial charge on any atom is -0.497 e. The predicted molar refractivity (Wildman–Crippen MR) is 91.7 cm³/mol. The van der Waals surface area contributed by atoms with Crippen LogP contribution >= 0.6 is 23.1 Å². The highest BCUT2D eigenvalue weighted by Crippen LogP contribution is 2.35. The third-order valence-electron chi connectivity index (χ3n) is 3.85. The van der Waals surface area contributed by atoms with Gasteiger partial charge in [-0.25, -0.2) is 0 Å². The van der Waals surface area contributed by atoms with E-state index < -0.39 is 0 Å². The second-order valence-electron chi connectivity index (χ2n) is 5.23. The van der Waals surface area contributed by atoms with E-state index in [-0.39, 0.29) is 11.9 Å². The van der Waals surface area contributed by atoms with Crippen LogP contribution in [-0.4, -0.2) is 30.2 Å². The first kappa shape index (κ1) is 15.4. The zero-order chi connectivity index (χ0) is 15.4. The van der Waals surface area contributed by atoms with Crippen LogP contribution in [0.15, 0.2) is 46.7 Å². The predicted octanol–water partition coefficient (Wildman–Crippen LogP) is 4.21. The van der Waals surface area contributed by atoms with Gasteiger partial charge in [0.2, 0.25) is 5.91 Å². The highest BCUT2D eigenvalue weighted by Gasteiger charge is 2.30. The summed E-state index contributed by atoms with van der Waals surface area (Å²) < 4.78 is 5.22. The molecule has 0 N–H and O–H groups in total. The van der Waals surface area contributed by atoms with Crippen molar-refractivity contribution in [2.24, 2.45) is 0 Å². The molecular weight excluding hydrogens is 314 g/mol. The number of amides is 1. The molecule has 116 valence electrons. The van der Waals surface area contributed by atoms with E-state index in [2.05, 4.69) is 17.5 Å². The lowest BCUT2D eigenvalue weighted by Gasteiger charge is -2.23. The smallest absolute Gasteiger partial charge is 0.233 e. The number of methoxy groups -OCH3 is 1. The summed E-state index contributed by atoms with van der Waals surface area (Å²) in [5.41, 5.74) is 0. The van der Waals surface area contributed by atoms with E-state index in [0.717, 1.165) is 30.0 Å². The third kappa shape index (κ3) is 3.47. The molecule has 1 aromatic heterocycles. The van der Waals surface area contributed by atoms with Crippen LogP contribution in [0.1, 0.15) is 23.8 Å². The van der Waals surface area contributed by atoms with E-state index in [9.17, 15) is 4.79 Å². The van der Waals surface area contributed by atoms with Crippen molar-refractivity contribution in [1.82, 2.24) is 4.90 Å². The van der Waals surface area contributed by atoms with Gasteiger partial charge in [0.15, 0.2) is 0 Å². The maximum atomic E-state index is 12.6. The fraction of sp³-hybridized carbons (Fsp3) is 0.353. The summed E-state index contributed by atoms with van der Waals surface area (Å²) in [6, 6.07) is 12.3. The third-order valence-corrected chi connectivity index (χ3v) is 5.80. The topological polar surface area (TPSA) is 29.5 Å². The zero-order valence-electron chi connectivity index (χ0n) is 12.5. The van der Waals surface area contributed by atoms with Gasteiger partial charge in [-0.3, -0.25) is 4.79 Å². The Balaban J connectivity index is 1.61. The summed E-state index contributed by atoms with van der Waals surface area (Å²) in [5.74, 6) is 1.54. The number of nitrogens with zero attached hydrogens (tertiary/aromatic N) is 1. The maximum Gasteiger partial charge on any atom is 0.233 e. The monoisotopic (exact) mass is 333 g/mol. The number of likely N-dealkylation sites (tertiary alicyclic amines) is 1. The highest BCUT2D eigenvalue weighted by atomic mass is 32.2. The summed E-state index contributed by atoms with van der Waals surface area (Å²) in [6.45, 7) is 0.875. The van der Waals surface area contributed by atoms with Crippen LogP contribution in [0.25, 0.3) is 0 Å². The number of hydrogen-bond acceptors (Lipinski definition) is 4. The van der Waals surface area contributed by atoms with Crippen molar-refractivity contribution >= 4 is 29.0 Å². The summed E-state index contributed by atoms with van der Waals surface area (Å²) in [4.78, 5) is 17.0. The minimum absolute atomic E-state index is 0.226.